The summed E-state index contributed by atoms with van der Waals surface area (Å²) in [5.74, 6) is 1.02. The molecule has 0 heterocycles. The Morgan fingerprint density at radius 2 is 2.10 bits per heavy atom. The van der Waals surface area contributed by atoms with Crippen LogP contribution in [0.25, 0.3) is 0 Å². The van der Waals surface area contributed by atoms with E-state index in [-0.39, 0.29) is 12.1 Å². The van der Waals surface area contributed by atoms with Crippen LogP contribution in [0.1, 0.15) is 39.0 Å². The number of unbranched alkanes of at least 4 members (excludes halogenated alkanes) is 1. The van der Waals surface area contributed by atoms with Crippen molar-refractivity contribution in [2.45, 2.75) is 55.5 Å². The average Bonchev–Trinajstić information content (AvgIpc) is 3.26. The minimum absolute atomic E-state index is 0.125. The van der Waals surface area contributed by atoms with Gasteiger partial charge >= 0.3 is 0 Å². The fourth-order valence-corrected chi connectivity index (χ4v) is 3.81. The largest absolute Gasteiger partial charge is 0.394 e. The molecule has 118 valence electrons. The summed E-state index contributed by atoms with van der Waals surface area (Å²) in [6, 6.07) is 6.20. The Labute approximate surface area is 141 Å². The van der Waals surface area contributed by atoms with Crippen molar-refractivity contribution in [1.29, 1.82) is 0 Å². The van der Waals surface area contributed by atoms with E-state index in [2.05, 4.69) is 12.2 Å². The van der Waals surface area contributed by atoms with E-state index < -0.39 is 0 Å². The zero-order valence-electron chi connectivity index (χ0n) is 12.4. The van der Waals surface area contributed by atoms with Crippen LogP contribution in [-0.2, 0) is 0 Å². The van der Waals surface area contributed by atoms with E-state index in [9.17, 15) is 5.11 Å². The van der Waals surface area contributed by atoms with Gasteiger partial charge in [-0.25, -0.2) is 0 Å². The zero-order chi connectivity index (χ0) is 15.3. The van der Waals surface area contributed by atoms with Gasteiger partial charge in [0.1, 0.15) is 0 Å². The lowest BCUT2D eigenvalue weighted by atomic mass is 9.96. The number of hydrogen-bond acceptors (Lipinski definition) is 3. The number of nitrogens with one attached hydrogen (secondary N) is 1. The summed E-state index contributed by atoms with van der Waals surface area (Å²) in [5.41, 5.74) is -0.125. The van der Waals surface area contributed by atoms with Crippen molar-refractivity contribution in [3.05, 3.63) is 28.2 Å². The quantitative estimate of drug-likeness (QED) is 0.499. The number of halogens is 2. The van der Waals surface area contributed by atoms with Crippen molar-refractivity contribution in [1.82, 2.24) is 5.32 Å². The highest BCUT2D eigenvalue weighted by Gasteiger charge is 2.31. The van der Waals surface area contributed by atoms with Crippen LogP contribution in [0.15, 0.2) is 23.1 Å². The van der Waals surface area contributed by atoms with Gasteiger partial charge in [0.2, 0.25) is 0 Å². The van der Waals surface area contributed by atoms with Crippen molar-refractivity contribution in [3.63, 3.8) is 0 Å². The van der Waals surface area contributed by atoms with Crippen LogP contribution < -0.4 is 5.32 Å². The normalized spacial score (nSPS) is 17.7. The van der Waals surface area contributed by atoms with E-state index in [1.807, 2.05) is 18.2 Å². The lowest BCUT2D eigenvalue weighted by Gasteiger charge is -2.29. The molecule has 1 aliphatic rings. The molecule has 2 nitrogen and oxygen atoms in total. The molecule has 1 aromatic rings. The van der Waals surface area contributed by atoms with E-state index in [0.717, 1.165) is 40.0 Å². The average molecular weight is 348 g/mol. The maximum absolute atomic E-state index is 9.56. The molecular formula is C16H23Cl2NOS. The number of aliphatic hydroxyl groups excluding tert-OH is 1. The molecule has 2 rings (SSSR count). The molecule has 0 spiro atoms. The van der Waals surface area contributed by atoms with E-state index in [0.29, 0.717) is 6.04 Å². The maximum atomic E-state index is 9.56. The van der Waals surface area contributed by atoms with Gasteiger partial charge < -0.3 is 10.4 Å². The minimum atomic E-state index is -0.125. The maximum Gasteiger partial charge on any atom is 0.0610 e. The molecule has 1 unspecified atom stereocenters. The number of benzene rings is 1. The van der Waals surface area contributed by atoms with Crippen molar-refractivity contribution in [2.75, 3.05) is 12.4 Å². The van der Waals surface area contributed by atoms with Crippen LogP contribution in [-0.4, -0.2) is 29.0 Å². The number of aliphatic hydroxyl groups is 1. The van der Waals surface area contributed by atoms with Crippen molar-refractivity contribution >= 4 is 35.0 Å². The molecule has 2 N–H and O–H groups in total. The standard InChI is InChI=1S/C16H23Cl2NOS/c1-16(11-20,19-13-5-6-13)8-2-3-9-21-15-10-12(17)4-7-14(15)18/h4,7,10,13,19-20H,2-3,5-6,8-9,11H2,1H3. The summed E-state index contributed by atoms with van der Waals surface area (Å²) < 4.78 is 0. The SMILES string of the molecule is CC(CO)(CCCCSc1cc(Cl)ccc1Cl)NC1CC1. The van der Waals surface area contributed by atoms with E-state index in [1.165, 1.54) is 12.8 Å². The highest BCUT2D eigenvalue weighted by atomic mass is 35.5. The second-order valence-electron chi connectivity index (χ2n) is 6.02. The molecule has 0 aromatic heterocycles. The number of hydrogen-bond donors (Lipinski definition) is 2. The van der Waals surface area contributed by atoms with Crippen LogP contribution in [0.2, 0.25) is 10.0 Å². The highest BCUT2D eigenvalue weighted by Crippen LogP contribution is 2.31. The molecular weight excluding hydrogens is 325 g/mol. The molecule has 1 aliphatic carbocycles. The Morgan fingerprint density at radius 3 is 2.76 bits per heavy atom. The molecule has 5 heteroatoms. The van der Waals surface area contributed by atoms with Crippen LogP contribution >= 0.6 is 35.0 Å². The van der Waals surface area contributed by atoms with Gasteiger partial charge in [0.15, 0.2) is 0 Å². The Kier molecular flexibility index (Phi) is 6.70. The first-order valence-electron chi connectivity index (χ1n) is 7.49. The van der Waals surface area contributed by atoms with Gasteiger partial charge in [-0.3, -0.25) is 0 Å². The molecule has 0 bridgehead atoms. The lowest BCUT2D eigenvalue weighted by molar-refractivity contribution is 0.161. The third kappa shape index (κ3) is 5.99. The van der Waals surface area contributed by atoms with Crippen LogP contribution in [0.4, 0.5) is 0 Å². The summed E-state index contributed by atoms with van der Waals surface area (Å²) in [4.78, 5) is 1.05. The summed E-state index contributed by atoms with van der Waals surface area (Å²) in [7, 11) is 0. The Morgan fingerprint density at radius 1 is 1.33 bits per heavy atom. The second-order valence-corrected chi connectivity index (χ2v) is 8.00. The molecule has 1 atom stereocenters. The summed E-state index contributed by atoms with van der Waals surface area (Å²) in [6.45, 7) is 2.32. The molecule has 0 aliphatic heterocycles. The minimum Gasteiger partial charge on any atom is -0.394 e. The van der Waals surface area contributed by atoms with E-state index >= 15 is 0 Å². The van der Waals surface area contributed by atoms with Gasteiger partial charge in [0, 0.05) is 21.5 Å². The fraction of sp³-hybridized carbons (Fsp3) is 0.625. The van der Waals surface area contributed by atoms with Crippen molar-refractivity contribution in [2.24, 2.45) is 0 Å². The molecule has 1 saturated carbocycles. The first-order chi connectivity index (χ1) is 10.0. The number of rotatable bonds is 9. The Balaban J connectivity index is 1.68. The summed E-state index contributed by atoms with van der Waals surface area (Å²) in [6.07, 6.45) is 5.71. The first kappa shape index (κ1) is 17.4. The van der Waals surface area contributed by atoms with Crippen molar-refractivity contribution in [3.8, 4) is 0 Å². The van der Waals surface area contributed by atoms with Gasteiger partial charge in [-0.1, -0.05) is 29.6 Å². The van der Waals surface area contributed by atoms with Crippen LogP contribution in [0.3, 0.4) is 0 Å². The first-order valence-corrected chi connectivity index (χ1v) is 9.23. The van der Waals surface area contributed by atoms with Gasteiger partial charge in [-0.15, -0.1) is 11.8 Å². The second kappa shape index (κ2) is 8.07. The third-order valence-electron chi connectivity index (χ3n) is 3.75. The fourth-order valence-electron chi connectivity index (χ4n) is 2.30. The predicted octanol–water partition coefficient (Wildman–Crippen LogP) is 4.76. The smallest absolute Gasteiger partial charge is 0.0610 e. The third-order valence-corrected chi connectivity index (χ3v) is 5.57. The van der Waals surface area contributed by atoms with Crippen molar-refractivity contribution < 1.29 is 5.11 Å². The molecule has 0 amide bonds. The molecule has 21 heavy (non-hydrogen) atoms. The lowest BCUT2D eigenvalue weighted by Crippen LogP contribution is -2.46. The monoisotopic (exact) mass is 347 g/mol. The molecule has 0 saturated heterocycles. The van der Waals surface area contributed by atoms with Gasteiger partial charge in [0.05, 0.1) is 11.6 Å². The molecule has 0 radical (unpaired) electrons. The molecule has 1 aromatic carbocycles. The predicted molar refractivity (Wildman–Crippen MR) is 92.7 cm³/mol. The topological polar surface area (TPSA) is 32.3 Å². The summed E-state index contributed by atoms with van der Waals surface area (Å²) >= 11 is 13.9. The van der Waals surface area contributed by atoms with Gasteiger partial charge in [-0.05, 0) is 56.6 Å². The summed E-state index contributed by atoms with van der Waals surface area (Å²) in [5, 5.41) is 14.6. The van der Waals surface area contributed by atoms with Crippen LogP contribution in [0.5, 0.6) is 0 Å². The van der Waals surface area contributed by atoms with Gasteiger partial charge in [-0.2, -0.15) is 0 Å². The van der Waals surface area contributed by atoms with E-state index in [1.54, 1.807) is 11.8 Å². The molecule has 1 fully saturated rings. The Bertz CT molecular complexity index is 468. The van der Waals surface area contributed by atoms with Crippen LogP contribution in [0, 0.1) is 0 Å². The Hall–Kier alpha value is 0.0700. The van der Waals surface area contributed by atoms with E-state index in [4.69, 9.17) is 23.2 Å². The van der Waals surface area contributed by atoms with Gasteiger partial charge in [0.25, 0.3) is 0 Å². The highest BCUT2D eigenvalue weighted by molar-refractivity contribution is 7.99. The zero-order valence-corrected chi connectivity index (χ0v) is 14.7. The number of thioether (sulfide) groups is 1.